The van der Waals surface area contributed by atoms with Gasteiger partial charge < -0.3 is 30.3 Å². The van der Waals surface area contributed by atoms with Gasteiger partial charge in [0.25, 0.3) is 5.79 Å². The zero-order valence-corrected chi connectivity index (χ0v) is 24.5. The van der Waals surface area contributed by atoms with Gasteiger partial charge in [-0.25, -0.2) is 0 Å². The minimum Gasteiger partial charge on any atom is -0.382 e. The number of ketones is 5. The molecular formula is C28H46O11. The van der Waals surface area contributed by atoms with E-state index in [1.807, 2.05) is 0 Å². The number of aliphatic hydroxyl groups is 5. The molecule has 0 saturated carbocycles. The molecule has 1 aliphatic heterocycles. The van der Waals surface area contributed by atoms with Crippen LogP contribution >= 0.6 is 0 Å². The highest BCUT2D eigenvalue weighted by Gasteiger charge is 2.85. The lowest BCUT2D eigenvalue weighted by Crippen LogP contribution is -2.92. The molecule has 0 amide bonds. The summed E-state index contributed by atoms with van der Waals surface area (Å²) >= 11 is 0. The van der Waals surface area contributed by atoms with Crippen LogP contribution < -0.4 is 0 Å². The van der Waals surface area contributed by atoms with Crippen molar-refractivity contribution in [3.05, 3.63) is 0 Å². The van der Waals surface area contributed by atoms with E-state index in [0.29, 0.717) is 0 Å². The average Bonchev–Trinajstić information content (AvgIpc) is 2.77. The molecule has 1 fully saturated rings. The molecule has 0 bridgehead atoms. The molecule has 2 unspecified atom stereocenters. The van der Waals surface area contributed by atoms with Crippen molar-refractivity contribution >= 4 is 28.9 Å². The second kappa shape index (κ2) is 12.3. The summed E-state index contributed by atoms with van der Waals surface area (Å²) in [5.41, 5.74) is -11.4. The summed E-state index contributed by atoms with van der Waals surface area (Å²) in [6.45, 7) is 13.3. The Kier molecular flexibility index (Phi) is 11.1. The number of aliphatic hydroxyl groups excluding tert-OH is 1. The van der Waals surface area contributed by atoms with E-state index in [2.05, 4.69) is 0 Å². The van der Waals surface area contributed by atoms with Crippen molar-refractivity contribution in [1.29, 1.82) is 0 Å². The van der Waals surface area contributed by atoms with Crippen molar-refractivity contribution < 1.29 is 54.2 Å². The van der Waals surface area contributed by atoms with E-state index in [4.69, 9.17) is 4.74 Å². The quantitative estimate of drug-likeness (QED) is 0.201. The molecule has 5 N–H and O–H groups in total. The number of hydrogen-bond acceptors (Lipinski definition) is 11. The van der Waals surface area contributed by atoms with E-state index < -0.39 is 113 Å². The summed E-state index contributed by atoms with van der Waals surface area (Å²) in [5, 5.41) is 59.2. The fourth-order valence-electron chi connectivity index (χ4n) is 5.09. The lowest BCUT2D eigenvalue weighted by atomic mass is 9.54. The highest BCUT2D eigenvalue weighted by molar-refractivity contribution is 6.11. The number of ether oxygens (including phenoxy) is 1. The van der Waals surface area contributed by atoms with Crippen LogP contribution in [0.2, 0.25) is 0 Å². The van der Waals surface area contributed by atoms with Crippen LogP contribution in [-0.4, -0.2) is 89.2 Å². The molecule has 1 heterocycles. The predicted octanol–water partition coefficient (Wildman–Crippen LogP) is 0.678. The topological polar surface area (TPSA) is 196 Å². The smallest absolute Gasteiger partial charge is 0.267 e. The highest BCUT2D eigenvalue weighted by Crippen LogP contribution is 2.53. The maximum Gasteiger partial charge on any atom is 0.267 e. The normalized spacial score (nSPS) is 32.1. The minimum atomic E-state index is -3.90. The Bertz CT molecular complexity index is 971. The lowest BCUT2D eigenvalue weighted by molar-refractivity contribution is -0.396. The summed E-state index contributed by atoms with van der Waals surface area (Å²) < 4.78 is 5.43. The SMILES string of the molecule is CC(=O)C(O)[C@H]1OC(O)(C(=O)CC(C)C)[C@@](O)(C(=O)CC(C)C)[C@](O)(C(=O)CC(C)C)[C@@]1(O)C(=O)CC(C)C. The zero-order chi connectivity index (χ0) is 30.9. The third-order valence-electron chi connectivity index (χ3n) is 6.96. The Balaban J connectivity index is 4.41. The van der Waals surface area contributed by atoms with Gasteiger partial charge in [-0.05, 0) is 30.6 Å². The van der Waals surface area contributed by atoms with Crippen LogP contribution in [0, 0.1) is 23.7 Å². The molecule has 0 aliphatic carbocycles. The summed E-state index contributed by atoms with van der Waals surface area (Å²) in [6, 6.07) is 0. The first-order valence-corrected chi connectivity index (χ1v) is 13.4. The molecule has 11 heteroatoms. The molecule has 1 aliphatic rings. The average molecular weight is 559 g/mol. The molecule has 0 spiro atoms. The fourth-order valence-corrected chi connectivity index (χ4v) is 5.09. The number of carbonyl (C=O) groups is 5. The molecule has 6 atom stereocenters. The van der Waals surface area contributed by atoms with Gasteiger partial charge in [0.2, 0.25) is 11.2 Å². The molecule has 224 valence electrons. The second-order valence-electron chi connectivity index (χ2n) is 12.5. The molecule has 1 rings (SSSR count). The zero-order valence-electron chi connectivity index (χ0n) is 24.5. The van der Waals surface area contributed by atoms with Crippen LogP contribution in [-0.2, 0) is 28.7 Å². The monoisotopic (exact) mass is 558 g/mol. The van der Waals surface area contributed by atoms with E-state index in [0.717, 1.165) is 6.92 Å². The van der Waals surface area contributed by atoms with Crippen LogP contribution in [0.3, 0.4) is 0 Å². The summed E-state index contributed by atoms with van der Waals surface area (Å²) in [6.07, 6.45) is -7.37. The highest BCUT2D eigenvalue weighted by atomic mass is 16.7. The van der Waals surface area contributed by atoms with E-state index in [9.17, 15) is 49.5 Å². The molecule has 11 nitrogen and oxygen atoms in total. The third kappa shape index (κ3) is 5.94. The lowest BCUT2D eigenvalue weighted by Gasteiger charge is -2.61. The van der Waals surface area contributed by atoms with Crippen LogP contribution in [0.25, 0.3) is 0 Å². The molecule has 1 saturated heterocycles. The van der Waals surface area contributed by atoms with Crippen molar-refractivity contribution in [2.45, 2.75) is 123 Å². The fraction of sp³-hybridized carbons (Fsp3) is 0.821. The first-order valence-electron chi connectivity index (χ1n) is 13.4. The minimum absolute atomic E-state index is 0.492. The van der Waals surface area contributed by atoms with Crippen LogP contribution in [0.4, 0.5) is 0 Å². The number of carbonyl (C=O) groups excluding carboxylic acids is 5. The van der Waals surface area contributed by atoms with Crippen molar-refractivity contribution in [1.82, 2.24) is 0 Å². The van der Waals surface area contributed by atoms with E-state index in [-0.39, 0.29) is 0 Å². The predicted molar refractivity (Wildman–Crippen MR) is 139 cm³/mol. The maximum atomic E-state index is 13.9. The van der Waals surface area contributed by atoms with Gasteiger partial charge in [-0.3, -0.25) is 24.0 Å². The van der Waals surface area contributed by atoms with Gasteiger partial charge in [0, 0.05) is 25.7 Å². The van der Waals surface area contributed by atoms with Crippen molar-refractivity contribution in [3.63, 3.8) is 0 Å². The van der Waals surface area contributed by atoms with Gasteiger partial charge in [0.15, 0.2) is 34.5 Å². The first kappa shape index (κ1) is 35.1. The summed E-state index contributed by atoms with van der Waals surface area (Å²) in [5.74, 6) is -12.5. The molecule has 0 aromatic heterocycles. The number of hydrogen-bond donors (Lipinski definition) is 5. The largest absolute Gasteiger partial charge is 0.382 e. The third-order valence-corrected chi connectivity index (χ3v) is 6.96. The van der Waals surface area contributed by atoms with Crippen molar-refractivity contribution in [2.24, 2.45) is 23.7 Å². The molecular weight excluding hydrogens is 512 g/mol. The number of Topliss-reactive ketones (excluding diaryl/α,β-unsaturated/α-hetero) is 5. The van der Waals surface area contributed by atoms with Gasteiger partial charge in [-0.2, -0.15) is 0 Å². The van der Waals surface area contributed by atoms with Crippen LogP contribution in [0.1, 0.15) is 88.0 Å². The van der Waals surface area contributed by atoms with Gasteiger partial charge in [-0.15, -0.1) is 0 Å². The Morgan fingerprint density at radius 1 is 0.615 bits per heavy atom. The van der Waals surface area contributed by atoms with E-state index >= 15 is 0 Å². The van der Waals surface area contributed by atoms with Crippen LogP contribution in [0.5, 0.6) is 0 Å². The standard InChI is InChI=1S/C28H46O11/c1-14(2)10-19(30)25(35)24(23(34)18(9)29)39-28(38,22(33)13-17(7)8)27(37,21(32)12-16(5)6)26(25,36)20(31)11-15(3)4/h14-17,23-24,34-38H,10-13H2,1-9H3/t23?,24-,25-,26+,27-,28?/m1/s1. The molecule has 0 aromatic carbocycles. The molecule has 39 heavy (non-hydrogen) atoms. The van der Waals surface area contributed by atoms with Gasteiger partial charge in [-0.1, -0.05) is 55.4 Å². The summed E-state index contributed by atoms with van der Waals surface area (Å²) in [7, 11) is 0. The van der Waals surface area contributed by atoms with E-state index in [1.165, 1.54) is 0 Å². The Hall–Kier alpha value is -1.89. The van der Waals surface area contributed by atoms with Crippen molar-refractivity contribution in [2.75, 3.05) is 0 Å². The Morgan fingerprint density at radius 2 is 0.949 bits per heavy atom. The van der Waals surface area contributed by atoms with E-state index in [1.54, 1.807) is 55.4 Å². The second-order valence-corrected chi connectivity index (χ2v) is 12.5. The Morgan fingerprint density at radius 3 is 1.31 bits per heavy atom. The maximum absolute atomic E-state index is 13.9. The van der Waals surface area contributed by atoms with Gasteiger partial charge in [0.1, 0.15) is 12.2 Å². The number of rotatable bonds is 14. The van der Waals surface area contributed by atoms with Gasteiger partial charge >= 0.3 is 0 Å². The van der Waals surface area contributed by atoms with Crippen LogP contribution in [0.15, 0.2) is 0 Å². The van der Waals surface area contributed by atoms with Gasteiger partial charge in [0.05, 0.1) is 0 Å². The molecule has 0 aromatic rings. The molecule has 0 radical (unpaired) electrons. The first-order chi connectivity index (χ1) is 17.5. The Labute approximate surface area is 229 Å². The summed E-state index contributed by atoms with van der Waals surface area (Å²) in [4.78, 5) is 67.2. The van der Waals surface area contributed by atoms with Crippen molar-refractivity contribution in [3.8, 4) is 0 Å².